The molecule has 2 heterocycles. The molecular weight excluding hydrogens is 248 g/mol. The van der Waals surface area contributed by atoms with Crippen molar-refractivity contribution in [2.45, 2.75) is 27.7 Å². The molecule has 0 N–H and O–H groups in total. The van der Waals surface area contributed by atoms with Gasteiger partial charge in [-0.1, -0.05) is 17.7 Å². The molecule has 0 spiro atoms. The molecule has 102 valence electrons. The van der Waals surface area contributed by atoms with Gasteiger partial charge in [-0.15, -0.1) is 0 Å². The smallest absolute Gasteiger partial charge is 0.161 e. The van der Waals surface area contributed by atoms with Crippen LogP contribution in [0.15, 0.2) is 18.3 Å². The minimum atomic E-state index is 0.774. The third-order valence-corrected chi connectivity index (χ3v) is 3.62. The quantitative estimate of drug-likeness (QED) is 0.679. The van der Waals surface area contributed by atoms with E-state index in [-0.39, 0.29) is 0 Å². The Hall–Kier alpha value is -2.23. The molecule has 3 aromatic rings. The van der Waals surface area contributed by atoms with E-state index < -0.39 is 0 Å². The fourth-order valence-corrected chi connectivity index (χ4v) is 2.88. The van der Waals surface area contributed by atoms with Crippen molar-refractivity contribution in [2.75, 3.05) is 0 Å². The summed E-state index contributed by atoms with van der Waals surface area (Å²) in [5.74, 6) is 0.774. The molecule has 2 aromatic heterocycles. The van der Waals surface area contributed by atoms with Crippen molar-refractivity contribution in [2.24, 2.45) is 7.05 Å². The van der Waals surface area contributed by atoms with Gasteiger partial charge in [0.2, 0.25) is 0 Å². The summed E-state index contributed by atoms with van der Waals surface area (Å²) in [4.78, 5) is 9.16. The molecule has 3 rings (SSSR count). The molecule has 0 saturated carbocycles. The van der Waals surface area contributed by atoms with Crippen molar-refractivity contribution in [1.29, 1.82) is 0 Å². The molecule has 0 unspecified atom stereocenters. The highest BCUT2D eigenvalue weighted by Crippen LogP contribution is 2.31. The lowest BCUT2D eigenvalue weighted by atomic mass is 9.96. The van der Waals surface area contributed by atoms with Crippen LogP contribution in [-0.2, 0) is 7.05 Å². The van der Waals surface area contributed by atoms with Gasteiger partial charge in [0, 0.05) is 12.6 Å². The van der Waals surface area contributed by atoms with E-state index in [2.05, 4.69) is 48.0 Å². The number of fused-ring (bicyclic) bond motifs is 1. The van der Waals surface area contributed by atoms with E-state index in [1.54, 1.807) is 4.68 Å². The zero-order chi connectivity index (χ0) is 14.4. The maximum Gasteiger partial charge on any atom is 0.161 e. The zero-order valence-electron chi connectivity index (χ0n) is 12.5. The van der Waals surface area contributed by atoms with Crippen LogP contribution in [0.5, 0.6) is 0 Å². The molecule has 0 radical (unpaired) electrons. The van der Waals surface area contributed by atoms with Crippen LogP contribution in [-0.4, -0.2) is 19.7 Å². The SMILES string of the molecule is Cc1cc(C)c(-c2nc(C)nc3c2cnn3C)c(C)c1. The number of aromatic nitrogens is 4. The van der Waals surface area contributed by atoms with Gasteiger partial charge in [-0.25, -0.2) is 9.97 Å². The van der Waals surface area contributed by atoms with E-state index in [9.17, 15) is 0 Å². The normalized spacial score (nSPS) is 11.2. The summed E-state index contributed by atoms with van der Waals surface area (Å²) in [6.45, 7) is 8.31. The van der Waals surface area contributed by atoms with Gasteiger partial charge in [0.05, 0.1) is 17.3 Å². The monoisotopic (exact) mass is 266 g/mol. The lowest BCUT2D eigenvalue weighted by Crippen LogP contribution is -1.99. The van der Waals surface area contributed by atoms with E-state index >= 15 is 0 Å². The summed E-state index contributed by atoms with van der Waals surface area (Å²) in [7, 11) is 1.91. The van der Waals surface area contributed by atoms with Crippen molar-refractivity contribution < 1.29 is 0 Å². The third kappa shape index (κ3) is 1.88. The lowest BCUT2D eigenvalue weighted by Gasteiger charge is -2.12. The number of benzene rings is 1. The lowest BCUT2D eigenvalue weighted by molar-refractivity contribution is 0.783. The summed E-state index contributed by atoms with van der Waals surface area (Å²) in [6, 6.07) is 4.39. The van der Waals surface area contributed by atoms with Gasteiger partial charge in [0.1, 0.15) is 5.82 Å². The molecule has 1 aromatic carbocycles. The summed E-state index contributed by atoms with van der Waals surface area (Å²) < 4.78 is 1.80. The van der Waals surface area contributed by atoms with Crippen LogP contribution < -0.4 is 0 Å². The number of rotatable bonds is 1. The standard InChI is InChI=1S/C16H18N4/c1-9-6-10(2)14(11(3)7-9)15-13-8-17-20(5)16(13)19-12(4)18-15/h6-8H,1-5H3. The van der Waals surface area contributed by atoms with Crippen LogP contribution in [0.25, 0.3) is 22.3 Å². The van der Waals surface area contributed by atoms with Crippen molar-refractivity contribution in [3.05, 3.63) is 40.8 Å². The van der Waals surface area contributed by atoms with Crippen LogP contribution in [0.2, 0.25) is 0 Å². The van der Waals surface area contributed by atoms with Gasteiger partial charge in [-0.05, 0) is 38.8 Å². The van der Waals surface area contributed by atoms with Crippen molar-refractivity contribution >= 4 is 11.0 Å². The number of hydrogen-bond donors (Lipinski definition) is 0. The van der Waals surface area contributed by atoms with Crippen molar-refractivity contribution in [1.82, 2.24) is 19.7 Å². The molecule has 0 atom stereocenters. The summed E-state index contributed by atoms with van der Waals surface area (Å²) in [6.07, 6.45) is 1.85. The van der Waals surface area contributed by atoms with E-state index in [0.717, 1.165) is 22.6 Å². The minimum Gasteiger partial charge on any atom is -0.250 e. The second-order valence-corrected chi connectivity index (χ2v) is 5.40. The van der Waals surface area contributed by atoms with Crippen LogP contribution in [0, 0.1) is 27.7 Å². The van der Waals surface area contributed by atoms with Gasteiger partial charge >= 0.3 is 0 Å². The first-order valence-electron chi connectivity index (χ1n) is 6.72. The predicted molar refractivity (Wildman–Crippen MR) is 80.7 cm³/mol. The van der Waals surface area contributed by atoms with Gasteiger partial charge in [-0.2, -0.15) is 5.10 Å². The maximum absolute atomic E-state index is 4.67. The molecule has 4 heteroatoms. The Morgan fingerprint density at radius 3 is 2.25 bits per heavy atom. The number of nitrogens with zero attached hydrogens (tertiary/aromatic N) is 4. The molecule has 20 heavy (non-hydrogen) atoms. The summed E-state index contributed by atoms with van der Waals surface area (Å²) >= 11 is 0. The third-order valence-electron chi connectivity index (χ3n) is 3.62. The molecule has 0 aliphatic rings. The fourth-order valence-electron chi connectivity index (χ4n) is 2.88. The number of hydrogen-bond acceptors (Lipinski definition) is 3. The van der Waals surface area contributed by atoms with Crippen molar-refractivity contribution in [3.63, 3.8) is 0 Å². The highest BCUT2D eigenvalue weighted by molar-refractivity contribution is 5.92. The zero-order valence-corrected chi connectivity index (χ0v) is 12.5. The largest absolute Gasteiger partial charge is 0.250 e. The van der Waals surface area contributed by atoms with E-state index in [1.807, 2.05) is 20.2 Å². The summed E-state index contributed by atoms with van der Waals surface area (Å²) in [5.41, 5.74) is 6.81. The second-order valence-electron chi connectivity index (χ2n) is 5.40. The molecular formula is C16H18N4. The predicted octanol–water partition coefficient (Wildman–Crippen LogP) is 3.26. The Morgan fingerprint density at radius 1 is 0.950 bits per heavy atom. The molecule has 4 nitrogen and oxygen atoms in total. The Labute approximate surface area is 118 Å². The van der Waals surface area contributed by atoms with Crippen LogP contribution in [0.1, 0.15) is 22.5 Å². The highest BCUT2D eigenvalue weighted by Gasteiger charge is 2.15. The van der Waals surface area contributed by atoms with Crippen LogP contribution >= 0.6 is 0 Å². The average Bonchev–Trinajstić information content (AvgIpc) is 2.70. The maximum atomic E-state index is 4.67. The Kier molecular flexibility index (Phi) is 2.82. The second kappa shape index (κ2) is 4.40. The van der Waals surface area contributed by atoms with Crippen LogP contribution in [0.4, 0.5) is 0 Å². The average molecular weight is 266 g/mol. The van der Waals surface area contributed by atoms with Crippen LogP contribution in [0.3, 0.4) is 0 Å². The Morgan fingerprint density at radius 2 is 1.60 bits per heavy atom. The topological polar surface area (TPSA) is 43.6 Å². The first kappa shape index (κ1) is 12.8. The van der Waals surface area contributed by atoms with Crippen molar-refractivity contribution in [3.8, 4) is 11.3 Å². The first-order chi connectivity index (χ1) is 9.47. The van der Waals surface area contributed by atoms with Gasteiger partial charge in [-0.3, -0.25) is 4.68 Å². The Bertz CT molecular complexity index is 792. The van der Waals surface area contributed by atoms with Gasteiger partial charge in [0.25, 0.3) is 0 Å². The van der Waals surface area contributed by atoms with Gasteiger partial charge in [0.15, 0.2) is 5.65 Å². The highest BCUT2D eigenvalue weighted by atomic mass is 15.3. The molecule has 0 amide bonds. The summed E-state index contributed by atoms with van der Waals surface area (Å²) in [5, 5.41) is 5.32. The minimum absolute atomic E-state index is 0.774. The number of aryl methyl sites for hydroxylation is 5. The van der Waals surface area contributed by atoms with Gasteiger partial charge < -0.3 is 0 Å². The molecule has 0 saturated heterocycles. The van der Waals surface area contributed by atoms with E-state index in [0.29, 0.717) is 0 Å². The molecule has 0 aliphatic heterocycles. The molecule has 0 bridgehead atoms. The molecule has 0 aliphatic carbocycles. The van der Waals surface area contributed by atoms with E-state index in [4.69, 9.17) is 0 Å². The molecule has 0 fully saturated rings. The fraction of sp³-hybridized carbons (Fsp3) is 0.312. The first-order valence-corrected chi connectivity index (χ1v) is 6.72. The Balaban J connectivity index is 2.41. The van der Waals surface area contributed by atoms with E-state index in [1.165, 1.54) is 22.3 Å².